The molecule has 94 valence electrons. The Hall–Kier alpha value is -1.61. The van der Waals surface area contributed by atoms with E-state index in [1.807, 2.05) is 41.3 Å². The molecule has 2 saturated heterocycles. The summed E-state index contributed by atoms with van der Waals surface area (Å²) in [5, 5.41) is 0. The van der Waals surface area contributed by atoms with Crippen LogP contribution in [0.1, 0.15) is 31.6 Å². The number of nitrogens with zero attached hydrogens (tertiary/aromatic N) is 1. The van der Waals surface area contributed by atoms with E-state index in [0.29, 0.717) is 6.61 Å². The summed E-state index contributed by atoms with van der Waals surface area (Å²) in [6.45, 7) is 2.71. The maximum atomic E-state index is 12.3. The maximum Gasteiger partial charge on any atom is 0.252 e. The van der Waals surface area contributed by atoms with Gasteiger partial charge < -0.3 is 9.64 Å². The summed E-state index contributed by atoms with van der Waals surface area (Å²) in [6, 6.07) is 10.2. The Morgan fingerprint density at radius 3 is 2.89 bits per heavy atom. The lowest BCUT2D eigenvalue weighted by Gasteiger charge is -2.22. The fraction of sp³-hybridized carbons (Fsp3) is 0.400. The van der Waals surface area contributed by atoms with Gasteiger partial charge in [0.1, 0.15) is 0 Å². The van der Waals surface area contributed by atoms with E-state index in [-0.39, 0.29) is 18.2 Å². The first-order valence-corrected chi connectivity index (χ1v) is 6.49. The monoisotopic (exact) mass is 243 g/mol. The first kappa shape index (κ1) is 11.5. The van der Waals surface area contributed by atoms with Crippen LogP contribution < -0.4 is 0 Å². The third-order valence-corrected chi connectivity index (χ3v) is 3.59. The molecule has 2 aliphatic heterocycles. The van der Waals surface area contributed by atoms with Crippen LogP contribution in [0, 0.1) is 0 Å². The molecule has 3 nitrogen and oxygen atoms in total. The largest absolute Gasteiger partial charge is 0.352 e. The number of amides is 1. The molecule has 2 unspecified atom stereocenters. The molecule has 0 N–H and O–H groups in total. The van der Waals surface area contributed by atoms with Crippen LogP contribution in [0.2, 0.25) is 0 Å². The summed E-state index contributed by atoms with van der Waals surface area (Å²) in [4.78, 5) is 14.2. The lowest BCUT2D eigenvalue weighted by Crippen LogP contribution is -2.30. The van der Waals surface area contributed by atoms with E-state index in [9.17, 15) is 4.79 Å². The molecule has 1 aromatic rings. The third-order valence-electron chi connectivity index (χ3n) is 3.59. The van der Waals surface area contributed by atoms with Crippen molar-refractivity contribution in [2.24, 2.45) is 0 Å². The van der Waals surface area contributed by atoms with Gasteiger partial charge in [-0.15, -0.1) is 0 Å². The van der Waals surface area contributed by atoms with Crippen LogP contribution in [0.25, 0.3) is 0 Å². The van der Waals surface area contributed by atoms with Gasteiger partial charge >= 0.3 is 0 Å². The summed E-state index contributed by atoms with van der Waals surface area (Å²) in [5.74, 6) is 0.146. The van der Waals surface area contributed by atoms with Gasteiger partial charge in [0.05, 0.1) is 12.6 Å². The second-order valence-corrected chi connectivity index (χ2v) is 4.80. The Morgan fingerprint density at radius 1 is 1.39 bits per heavy atom. The lowest BCUT2D eigenvalue weighted by molar-refractivity contribution is -0.131. The van der Waals surface area contributed by atoms with Gasteiger partial charge in [0.2, 0.25) is 0 Å². The van der Waals surface area contributed by atoms with E-state index in [1.165, 1.54) is 0 Å². The predicted molar refractivity (Wildman–Crippen MR) is 68.8 cm³/mol. The number of rotatable bonds is 2. The molecular formula is C15H17NO2. The number of fused-ring (bicyclic) bond motifs is 1. The highest BCUT2D eigenvalue weighted by Gasteiger charge is 2.45. The molecular weight excluding hydrogens is 226 g/mol. The van der Waals surface area contributed by atoms with Crippen LogP contribution in [-0.4, -0.2) is 23.5 Å². The first-order chi connectivity index (χ1) is 8.81. The van der Waals surface area contributed by atoms with Crippen molar-refractivity contribution in [1.29, 1.82) is 0 Å². The zero-order chi connectivity index (χ0) is 12.5. The molecule has 0 aliphatic carbocycles. The van der Waals surface area contributed by atoms with Gasteiger partial charge in [0.25, 0.3) is 5.91 Å². The van der Waals surface area contributed by atoms with Crippen LogP contribution in [0.15, 0.2) is 42.0 Å². The molecule has 3 rings (SSSR count). The summed E-state index contributed by atoms with van der Waals surface area (Å²) in [5.41, 5.74) is 2.01. The topological polar surface area (TPSA) is 29.5 Å². The van der Waals surface area contributed by atoms with Crippen molar-refractivity contribution in [2.75, 3.05) is 6.61 Å². The van der Waals surface area contributed by atoms with E-state index in [1.54, 1.807) is 0 Å². The Bertz CT molecular complexity index is 481. The van der Waals surface area contributed by atoms with E-state index in [0.717, 1.165) is 24.0 Å². The minimum absolute atomic E-state index is 0.146. The molecule has 18 heavy (non-hydrogen) atoms. The van der Waals surface area contributed by atoms with Gasteiger partial charge in [0.15, 0.2) is 6.23 Å². The van der Waals surface area contributed by atoms with Crippen molar-refractivity contribution in [3.63, 3.8) is 0 Å². The third kappa shape index (κ3) is 1.75. The predicted octanol–water partition coefficient (Wildman–Crippen LogP) is 2.65. The minimum atomic E-state index is -0.202. The van der Waals surface area contributed by atoms with E-state index < -0.39 is 0 Å². The quantitative estimate of drug-likeness (QED) is 0.747. The first-order valence-electron chi connectivity index (χ1n) is 6.49. The second-order valence-electron chi connectivity index (χ2n) is 4.80. The van der Waals surface area contributed by atoms with E-state index >= 15 is 0 Å². The second kappa shape index (κ2) is 4.58. The van der Waals surface area contributed by atoms with Gasteiger partial charge in [-0.3, -0.25) is 4.79 Å². The smallest absolute Gasteiger partial charge is 0.252 e. The number of benzene rings is 1. The number of ether oxygens (including phenoxy) is 1. The highest BCUT2D eigenvalue weighted by Crippen LogP contribution is 2.39. The van der Waals surface area contributed by atoms with Gasteiger partial charge in [-0.05, 0) is 6.42 Å². The van der Waals surface area contributed by atoms with Crippen molar-refractivity contribution in [2.45, 2.75) is 32.0 Å². The van der Waals surface area contributed by atoms with Crippen molar-refractivity contribution in [3.8, 4) is 0 Å². The van der Waals surface area contributed by atoms with Gasteiger partial charge in [-0.25, -0.2) is 0 Å². The Balaban J connectivity index is 1.89. The molecule has 2 fully saturated rings. The number of carbonyl (C=O) groups is 1. The molecule has 0 aromatic heterocycles. The fourth-order valence-electron chi connectivity index (χ4n) is 2.78. The molecule has 0 radical (unpaired) electrons. The van der Waals surface area contributed by atoms with Crippen LogP contribution in [0.4, 0.5) is 0 Å². The van der Waals surface area contributed by atoms with Crippen molar-refractivity contribution in [3.05, 3.63) is 47.5 Å². The molecule has 2 atom stereocenters. The molecule has 0 saturated carbocycles. The number of carbonyl (C=O) groups excluding carboxylic acids is 1. The van der Waals surface area contributed by atoms with Gasteiger partial charge in [-0.2, -0.15) is 0 Å². The molecule has 0 bridgehead atoms. The lowest BCUT2D eigenvalue weighted by atomic mass is 10.1. The molecule has 3 heteroatoms. The van der Waals surface area contributed by atoms with Crippen LogP contribution in [0.3, 0.4) is 0 Å². The SMILES string of the molecule is CC/C=C1/CC2COC(c3ccccc3)N2C1=O. The average molecular weight is 243 g/mol. The van der Waals surface area contributed by atoms with Gasteiger partial charge in [0, 0.05) is 17.6 Å². The standard InChI is InChI=1S/C15H17NO2/c1-2-6-12-9-13-10-18-15(16(13)14(12)17)11-7-4-3-5-8-11/h3-8,13,15H,2,9-10H2,1H3/b12-6-. The van der Waals surface area contributed by atoms with Crippen LogP contribution >= 0.6 is 0 Å². The molecule has 0 spiro atoms. The van der Waals surface area contributed by atoms with E-state index in [4.69, 9.17) is 4.74 Å². The van der Waals surface area contributed by atoms with Crippen molar-refractivity contribution < 1.29 is 9.53 Å². The summed E-state index contributed by atoms with van der Waals surface area (Å²) >= 11 is 0. The van der Waals surface area contributed by atoms with Crippen molar-refractivity contribution >= 4 is 5.91 Å². The normalized spacial score (nSPS) is 29.1. The Labute approximate surface area is 107 Å². The number of hydrogen-bond acceptors (Lipinski definition) is 2. The van der Waals surface area contributed by atoms with E-state index in [2.05, 4.69) is 6.92 Å². The average Bonchev–Trinajstić information content (AvgIpc) is 2.93. The molecule has 1 amide bonds. The Kier molecular flexibility index (Phi) is 2.92. The van der Waals surface area contributed by atoms with Crippen LogP contribution in [0.5, 0.6) is 0 Å². The highest BCUT2D eigenvalue weighted by molar-refractivity contribution is 5.96. The zero-order valence-electron chi connectivity index (χ0n) is 10.5. The number of hydrogen-bond donors (Lipinski definition) is 0. The number of allylic oxidation sites excluding steroid dienone is 1. The molecule has 1 aromatic carbocycles. The molecule has 2 heterocycles. The maximum absolute atomic E-state index is 12.3. The zero-order valence-corrected chi connectivity index (χ0v) is 10.5. The Morgan fingerprint density at radius 2 is 2.17 bits per heavy atom. The summed E-state index contributed by atoms with van der Waals surface area (Å²) in [7, 11) is 0. The fourth-order valence-corrected chi connectivity index (χ4v) is 2.78. The van der Waals surface area contributed by atoms with Gasteiger partial charge in [-0.1, -0.05) is 43.3 Å². The van der Waals surface area contributed by atoms with Crippen LogP contribution in [-0.2, 0) is 9.53 Å². The van der Waals surface area contributed by atoms with Crippen molar-refractivity contribution in [1.82, 2.24) is 4.90 Å². The highest BCUT2D eigenvalue weighted by atomic mass is 16.5. The summed E-state index contributed by atoms with van der Waals surface area (Å²) in [6.07, 6.45) is 3.59. The molecule has 2 aliphatic rings. The minimum Gasteiger partial charge on any atom is -0.352 e. The summed E-state index contributed by atoms with van der Waals surface area (Å²) < 4.78 is 5.78.